The van der Waals surface area contributed by atoms with Crippen molar-refractivity contribution in [2.24, 2.45) is 0 Å². The first-order valence-corrected chi connectivity index (χ1v) is 6.83. The maximum Gasteiger partial charge on any atom is 0.332 e. The van der Waals surface area contributed by atoms with E-state index in [2.05, 4.69) is 16.9 Å². The summed E-state index contributed by atoms with van der Waals surface area (Å²) in [6, 6.07) is 0.228. The van der Waals surface area contributed by atoms with Crippen LogP contribution < -0.4 is 4.90 Å². The van der Waals surface area contributed by atoms with Crippen LogP contribution in [-0.4, -0.2) is 27.5 Å². The molecule has 1 fully saturated rings. The fourth-order valence-electron chi connectivity index (χ4n) is 2.52. The third-order valence-corrected chi connectivity index (χ3v) is 3.69. The van der Waals surface area contributed by atoms with Gasteiger partial charge in [-0.1, -0.05) is 12.8 Å². The molecule has 0 radical (unpaired) electrons. The Morgan fingerprint density at radius 3 is 2.79 bits per heavy atom. The minimum absolute atomic E-state index is 0.0295. The number of hydrogen-bond acceptors (Lipinski definition) is 5. The zero-order chi connectivity index (χ0) is 14.0. The molecule has 104 valence electrons. The predicted octanol–water partition coefficient (Wildman–Crippen LogP) is 3.12. The van der Waals surface area contributed by atoms with E-state index >= 15 is 0 Å². The molecular weight excluding hydrogens is 268 g/mol. The summed E-state index contributed by atoms with van der Waals surface area (Å²) < 4.78 is 0. The van der Waals surface area contributed by atoms with E-state index in [4.69, 9.17) is 11.6 Å². The Balaban J connectivity index is 2.49. The molecule has 19 heavy (non-hydrogen) atoms. The third kappa shape index (κ3) is 2.94. The largest absolute Gasteiger partial charge is 0.348 e. The van der Waals surface area contributed by atoms with Gasteiger partial charge in [0.25, 0.3) is 0 Å². The van der Waals surface area contributed by atoms with Gasteiger partial charge in [0.15, 0.2) is 0 Å². The molecule has 0 aromatic carbocycles. The van der Waals surface area contributed by atoms with E-state index in [-0.39, 0.29) is 17.0 Å². The summed E-state index contributed by atoms with van der Waals surface area (Å²) in [6.45, 7) is 4.44. The van der Waals surface area contributed by atoms with Crippen molar-refractivity contribution in [2.75, 3.05) is 11.4 Å². The number of anilines is 1. The van der Waals surface area contributed by atoms with E-state index in [1.165, 1.54) is 0 Å². The number of halogens is 1. The average Bonchev–Trinajstić information content (AvgIpc) is 2.52. The quantitative estimate of drug-likeness (QED) is 0.474. The summed E-state index contributed by atoms with van der Waals surface area (Å²) in [4.78, 5) is 20.8. The second-order valence-corrected chi connectivity index (χ2v) is 5.24. The molecule has 2 rings (SSSR count). The number of aromatic nitrogens is 2. The second-order valence-electron chi connectivity index (χ2n) is 4.90. The highest BCUT2D eigenvalue weighted by Crippen LogP contribution is 2.33. The summed E-state index contributed by atoms with van der Waals surface area (Å²) in [5, 5.41) is 11.3. The lowest BCUT2D eigenvalue weighted by Gasteiger charge is -2.28. The van der Waals surface area contributed by atoms with Gasteiger partial charge in [-0.25, -0.2) is 4.98 Å². The van der Waals surface area contributed by atoms with Gasteiger partial charge >= 0.3 is 5.69 Å². The minimum atomic E-state index is -0.418. The molecule has 0 N–H and O–H groups in total. The van der Waals surface area contributed by atoms with E-state index in [9.17, 15) is 10.1 Å². The van der Waals surface area contributed by atoms with Gasteiger partial charge in [0.2, 0.25) is 11.1 Å². The molecule has 2 heterocycles. The number of nitrogens with zero attached hydrogens (tertiary/aromatic N) is 4. The van der Waals surface area contributed by atoms with Gasteiger partial charge in [-0.15, -0.1) is 0 Å². The molecule has 7 heteroatoms. The fraction of sp³-hybridized carbons (Fsp3) is 0.667. The van der Waals surface area contributed by atoms with Crippen LogP contribution in [0.5, 0.6) is 0 Å². The smallest absolute Gasteiger partial charge is 0.332 e. The molecule has 1 aliphatic rings. The normalized spacial score (nSPS) is 20.2. The summed E-state index contributed by atoms with van der Waals surface area (Å²) in [5.41, 5.74) is 0.287. The molecule has 0 spiro atoms. The van der Waals surface area contributed by atoms with Crippen molar-refractivity contribution in [2.45, 2.75) is 45.6 Å². The predicted molar refractivity (Wildman–Crippen MR) is 73.7 cm³/mol. The molecule has 1 saturated heterocycles. The molecule has 0 amide bonds. The van der Waals surface area contributed by atoms with Crippen molar-refractivity contribution in [3.63, 3.8) is 0 Å². The van der Waals surface area contributed by atoms with Gasteiger partial charge in [0.1, 0.15) is 5.69 Å². The molecule has 1 aromatic heterocycles. The van der Waals surface area contributed by atoms with Crippen molar-refractivity contribution in [1.29, 1.82) is 0 Å². The summed E-state index contributed by atoms with van der Waals surface area (Å²) in [6.07, 6.45) is 4.32. The Kier molecular flexibility index (Phi) is 4.19. The molecule has 1 aromatic rings. The van der Waals surface area contributed by atoms with E-state index in [1.807, 2.05) is 4.90 Å². The monoisotopic (exact) mass is 284 g/mol. The Morgan fingerprint density at radius 2 is 2.11 bits per heavy atom. The molecule has 0 aliphatic carbocycles. The van der Waals surface area contributed by atoms with E-state index < -0.39 is 4.92 Å². The molecular formula is C12H17ClN4O2. The molecule has 1 unspecified atom stereocenters. The van der Waals surface area contributed by atoms with Crippen LogP contribution in [-0.2, 0) is 0 Å². The van der Waals surface area contributed by atoms with Gasteiger partial charge in [-0.2, -0.15) is 4.98 Å². The van der Waals surface area contributed by atoms with Crippen LogP contribution in [0.1, 0.15) is 38.3 Å². The molecule has 0 saturated carbocycles. The van der Waals surface area contributed by atoms with Crippen molar-refractivity contribution < 1.29 is 4.92 Å². The minimum Gasteiger partial charge on any atom is -0.348 e. The number of aryl methyl sites for hydroxylation is 1. The van der Waals surface area contributed by atoms with Crippen LogP contribution in [0.3, 0.4) is 0 Å². The summed E-state index contributed by atoms with van der Waals surface area (Å²) in [5.74, 6) is 0.358. The highest BCUT2D eigenvalue weighted by atomic mass is 35.5. The SMILES string of the molecule is Cc1nc(Cl)nc(N2CCCCCC2C)c1[N+](=O)[O-]. The van der Waals surface area contributed by atoms with Gasteiger partial charge in [-0.05, 0) is 38.3 Å². The third-order valence-electron chi connectivity index (χ3n) is 3.52. The molecule has 1 aliphatic heterocycles. The fourth-order valence-corrected chi connectivity index (χ4v) is 2.73. The number of hydrogen-bond donors (Lipinski definition) is 0. The van der Waals surface area contributed by atoms with Crippen LogP contribution in [0, 0.1) is 17.0 Å². The summed E-state index contributed by atoms with van der Waals surface area (Å²) >= 11 is 5.86. The maximum absolute atomic E-state index is 11.2. The highest BCUT2D eigenvalue weighted by Gasteiger charge is 2.29. The van der Waals surface area contributed by atoms with Gasteiger partial charge in [0.05, 0.1) is 4.92 Å². The lowest BCUT2D eigenvalue weighted by molar-refractivity contribution is -0.385. The summed E-state index contributed by atoms with van der Waals surface area (Å²) in [7, 11) is 0. The second kappa shape index (κ2) is 5.69. The highest BCUT2D eigenvalue weighted by molar-refractivity contribution is 6.28. The Morgan fingerprint density at radius 1 is 1.37 bits per heavy atom. The standard InChI is InChI=1S/C12H17ClN4O2/c1-8-6-4-3-5-7-16(8)11-10(17(18)19)9(2)14-12(13)15-11/h8H,3-7H2,1-2H3. The zero-order valence-electron chi connectivity index (χ0n) is 11.1. The van der Waals surface area contributed by atoms with Gasteiger partial charge < -0.3 is 4.90 Å². The Hall–Kier alpha value is -1.43. The van der Waals surface area contributed by atoms with Crippen molar-refractivity contribution >= 4 is 23.1 Å². The maximum atomic E-state index is 11.2. The van der Waals surface area contributed by atoms with Crippen molar-refractivity contribution in [1.82, 2.24) is 9.97 Å². The molecule has 6 nitrogen and oxygen atoms in total. The first-order valence-electron chi connectivity index (χ1n) is 6.46. The van der Waals surface area contributed by atoms with Crippen molar-refractivity contribution in [3.05, 3.63) is 21.1 Å². The molecule has 1 atom stereocenters. The first kappa shape index (κ1) is 14.0. The van der Waals surface area contributed by atoms with Crippen LogP contribution in [0.4, 0.5) is 11.5 Å². The van der Waals surface area contributed by atoms with E-state index in [0.717, 1.165) is 32.2 Å². The van der Waals surface area contributed by atoms with Crippen LogP contribution in [0.2, 0.25) is 5.28 Å². The number of rotatable bonds is 2. The van der Waals surface area contributed by atoms with Crippen molar-refractivity contribution in [3.8, 4) is 0 Å². The lowest BCUT2D eigenvalue weighted by atomic mass is 10.1. The van der Waals surface area contributed by atoms with Gasteiger partial charge in [0, 0.05) is 12.6 Å². The van der Waals surface area contributed by atoms with Crippen LogP contribution >= 0.6 is 11.6 Å². The number of nitro groups is 1. The topological polar surface area (TPSA) is 72.2 Å². The lowest BCUT2D eigenvalue weighted by Crippen LogP contribution is -2.34. The Bertz CT molecular complexity index is 495. The van der Waals surface area contributed by atoms with Gasteiger partial charge in [-0.3, -0.25) is 10.1 Å². The first-order chi connectivity index (χ1) is 9.00. The Labute approximate surface area is 117 Å². The van der Waals surface area contributed by atoms with Crippen LogP contribution in [0.25, 0.3) is 0 Å². The van der Waals surface area contributed by atoms with E-state index in [1.54, 1.807) is 6.92 Å². The average molecular weight is 285 g/mol. The van der Waals surface area contributed by atoms with Crippen LogP contribution in [0.15, 0.2) is 0 Å². The zero-order valence-corrected chi connectivity index (χ0v) is 11.9. The van der Waals surface area contributed by atoms with E-state index in [0.29, 0.717) is 11.5 Å². The molecule has 0 bridgehead atoms.